The molecule has 16 heteroatoms. The highest BCUT2D eigenvalue weighted by molar-refractivity contribution is 5.87. The molecule has 67 heavy (non-hydrogen) atoms. The molecule has 4 aromatic carbocycles. The minimum atomic E-state index is -0.539. The number of para-hydroxylation sites is 2. The van der Waals surface area contributed by atoms with E-state index in [0.29, 0.717) is 0 Å². The van der Waals surface area contributed by atoms with Crippen LogP contribution in [0.1, 0.15) is 70.4 Å². The topological polar surface area (TPSA) is 176 Å². The van der Waals surface area contributed by atoms with Crippen LogP contribution in [0.15, 0.2) is 134 Å². The first-order valence-electron chi connectivity index (χ1n) is 22.1. The molecule has 340 valence electrons. The van der Waals surface area contributed by atoms with E-state index in [0.717, 1.165) is 118 Å². The van der Waals surface area contributed by atoms with E-state index in [4.69, 9.17) is 10.5 Å². The van der Waals surface area contributed by atoms with Crippen LogP contribution < -0.4 is 21.7 Å². The smallest absolute Gasteiger partial charge is 0.408 e. The van der Waals surface area contributed by atoms with Gasteiger partial charge >= 0.3 is 6.09 Å². The summed E-state index contributed by atoms with van der Waals surface area (Å²) >= 11 is 0. The summed E-state index contributed by atoms with van der Waals surface area (Å²) in [5.41, 5.74) is 15.2. The van der Waals surface area contributed by atoms with Gasteiger partial charge in [0.15, 0.2) is 34.9 Å². The SMILES string of the molecule is CC(C)(C)OC(=O)NC1(c2ccc(-c3nnc4n3-c3cccnc3Nc3ccccc3-4)cc2)CCC1.Cl.Cl.NC1(c2ccc(-c3nnc4n3-c3cccnc3Nc3ccccc3-4)cc2)CCC1. The van der Waals surface area contributed by atoms with Crippen molar-refractivity contribution in [1.82, 2.24) is 44.8 Å². The average Bonchev–Trinajstić information content (AvgIpc) is 3.86. The van der Waals surface area contributed by atoms with Crippen molar-refractivity contribution in [3.8, 4) is 56.9 Å². The van der Waals surface area contributed by atoms with Crippen molar-refractivity contribution in [2.24, 2.45) is 5.73 Å². The molecule has 0 radical (unpaired) electrons. The molecular formula is C51H50Cl2N12O2. The lowest BCUT2D eigenvalue weighted by Crippen LogP contribution is -2.52. The van der Waals surface area contributed by atoms with Crippen molar-refractivity contribution >= 4 is 53.9 Å². The van der Waals surface area contributed by atoms with Crippen molar-refractivity contribution in [3.05, 3.63) is 145 Å². The third-order valence-electron chi connectivity index (χ3n) is 12.8. The van der Waals surface area contributed by atoms with Crippen LogP contribution in [0, 0.1) is 0 Å². The number of nitrogens with two attached hydrogens (primary N) is 1. The van der Waals surface area contributed by atoms with Crippen LogP contribution in [-0.4, -0.2) is 51.2 Å². The molecule has 6 heterocycles. The molecule has 4 aromatic heterocycles. The van der Waals surface area contributed by atoms with Crippen LogP contribution in [0.2, 0.25) is 0 Å². The second-order valence-electron chi connectivity index (χ2n) is 18.2. The number of pyridine rings is 2. The normalized spacial score (nSPS) is 15.1. The van der Waals surface area contributed by atoms with Gasteiger partial charge in [0.05, 0.1) is 28.3 Å². The average molecular weight is 934 g/mol. The van der Waals surface area contributed by atoms with E-state index in [2.05, 4.69) is 93.3 Å². The largest absolute Gasteiger partial charge is 0.444 e. The van der Waals surface area contributed by atoms with Crippen molar-refractivity contribution in [2.45, 2.75) is 76.0 Å². The maximum Gasteiger partial charge on any atom is 0.408 e. The van der Waals surface area contributed by atoms with E-state index >= 15 is 0 Å². The van der Waals surface area contributed by atoms with Gasteiger partial charge in [-0.05, 0) is 119 Å². The van der Waals surface area contributed by atoms with Gasteiger partial charge in [0.2, 0.25) is 0 Å². The number of nitrogens with zero attached hydrogens (tertiary/aromatic N) is 8. The first kappa shape index (κ1) is 45.0. The van der Waals surface area contributed by atoms with Crippen molar-refractivity contribution < 1.29 is 9.53 Å². The molecule has 14 nitrogen and oxygen atoms in total. The first-order valence-corrected chi connectivity index (χ1v) is 22.1. The van der Waals surface area contributed by atoms with Crippen LogP contribution in [0.25, 0.3) is 56.9 Å². The Morgan fingerprint density at radius 3 is 1.48 bits per heavy atom. The lowest BCUT2D eigenvalue weighted by atomic mass is 9.72. The number of hydrogen-bond acceptors (Lipinski definition) is 11. The third-order valence-corrected chi connectivity index (χ3v) is 12.8. The summed E-state index contributed by atoms with van der Waals surface area (Å²) in [6.45, 7) is 5.62. The zero-order chi connectivity index (χ0) is 44.3. The Kier molecular flexibility index (Phi) is 11.8. The highest BCUT2D eigenvalue weighted by Crippen LogP contribution is 2.44. The van der Waals surface area contributed by atoms with Gasteiger partial charge in [-0.25, -0.2) is 14.8 Å². The first-order chi connectivity index (χ1) is 31.6. The molecule has 8 aromatic rings. The number of carbonyl (C=O) groups is 1. The van der Waals surface area contributed by atoms with Crippen molar-refractivity contribution in [2.75, 3.05) is 10.6 Å². The molecule has 0 atom stereocenters. The predicted molar refractivity (Wildman–Crippen MR) is 266 cm³/mol. The Hall–Kier alpha value is -7.13. The highest BCUT2D eigenvalue weighted by Gasteiger charge is 2.41. The van der Waals surface area contributed by atoms with E-state index < -0.39 is 11.1 Å². The Labute approximate surface area is 400 Å². The summed E-state index contributed by atoms with van der Waals surface area (Å²) in [6, 6.07) is 40.7. The summed E-state index contributed by atoms with van der Waals surface area (Å²) in [6.07, 6.45) is 9.30. The lowest BCUT2D eigenvalue weighted by molar-refractivity contribution is 0.0377. The number of rotatable bonds is 5. The molecule has 5 N–H and O–H groups in total. The van der Waals surface area contributed by atoms with Crippen LogP contribution in [0.5, 0.6) is 0 Å². The number of anilines is 4. The Morgan fingerprint density at radius 1 is 0.597 bits per heavy atom. The molecule has 2 saturated carbocycles. The molecule has 0 unspecified atom stereocenters. The second-order valence-corrected chi connectivity index (χ2v) is 18.2. The standard InChI is InChI=1S/C28H28N6O2.C23H20N6.2ClH/c1-27(2,3)36-26(35)31-28(15-7-16-28)19-13-11-18(12-14-19)24-32-33-25-20-8-4-5-9-21(20)30-23-22(34(24)25)10-6-17-29-23;24-23(12-4-13-23)16-10-8-15(9-11-16)21-27-28-22-17-5-1-2-6-18(17)26-20-19(29(21)22)7-3-14-25-20;;/h4-6,8-14,17H,7,15-16H2,1-3H3,(H,29,30)(H,31,35);1-3,5-11,14H,4,12-13,24H2,(H,25,26);2*1H. The second kappa shape index (κ2) is 17.6. The summed E-state index contributed by atoms with van der Waals surface area (Å²) in [5, 5.41) is 28.3. The quantitative estimate of drug-likeness (QED) is 0.129. The van der Waals surface area contributed by atoms with E-state index in [1.807, 2.05) is 104 Å². The number of benzene rings is 4. The zero-order valence-electron chi connectivity index (χ0n) is 37.2. The molecule has 0 saturated heterocycles. The minimum Gasteiger partial charge on any atom is -0.444 e. The number of halogens is 2. The molecule has 2 aliphatic carbocycles. The number of carbonyl (C=O) groups excluding carboxylic acids is 1. The monoisotopic (exact) mass is 932 g/mol. The minimum absolute atomic E-state index is 0. The number of fused-ring (bicyclic) bond motifs is 10. The number of amides is 1. The summed E-state index contributed by atoms with van der Waals surface area (Å²) in [5.74, 6) is 4.60. The molecule has 2 aliphatic heterocycles. The summed E-state index contributed by atoms with van der Waals surface area (Å²) < 4.78 is 9.66. The van der Waals surface area contributed by atoms with Crippen LogP contribution in [0.4, 0.5) is 27.8 Å². The zero-order valence-corrected chi connectivity index (χ0v) is 38.9. The predicted octanol–water partition coefficient (Wildman–Crippen LogP) is 11.2. The van der Waals surface area contributed by atoms with Gasteiger partial charge in [0.25, 0.3) is 0 Å². The molecule has 1 amide bonds. The van der Waals surface area contributed by atoms with Gasteiger partial charge in [-0.3, -0.25) is 9.13 Å². The van der Waals surface area contributed by atoms with Gasteiger partial charge in [-0.2, -0.15) is 0 Å². The van der Waals surface area contributed by atoms with Gasteiger partial charge in [-0.15, -0.1) is 45.2 Å². The molecule has 0 spiro atoms. The maximum atomic E-state index is 12.5. The number of alkyl carbamates (subject to hydrolysis) is 1. The fourth-order valence-electron chi connectivity index (χ4n) is 9.18. The van der Waals surface area contributed by atoms with E-state index in [1.165, 1.54) is 12.0 Å². The molecular weight excluding hydrogens is 884 g/mol. The van der Waals surface area contributed by atoms with Crippen LogP contribution >= 0.6 is 24.8 Å². The van der Waals surface area contributed by atoms with Crippen LogP contribution in [0.3, 0.4) is 0 Å². The number of hydrogen-bond donors (Lipinski definition) is 4. The molecule has 0 bridgehead atoms. The highest BCUT2D eigenvalue weighted by atomic mass is 35.5. The maximum absolute atomic E-state index is 12.5. The number of nitrogens with one attached hydrogen (secondary N) is 3. The van der Waals surface area contributed by atoms with E-state index in [9.17, 15) is 4.79 Å². The van der Waals surface area contributed by atoms with Crippen LogP contribution in [-0.2, 0) is 15.8 Å². The summed E-state index contributed by atoms with van der Waals surface area (Å²) in [7, 11) is 0. The fourth-order valence-corrected chi connectivity index (χ4v) is 9.18. The van der Waals surface area contributed by atoms with E-state index in [-0.39, 0.29) is 36.4 Å². The lowest BCUT2D eigenvalue weighted by Gasteiger charge is -2.43. The molecule has 12 rings (SSSR count). The Bertz CT molecular complexity index is 3100. The van der Waals surface area contributed by atoms with Crippen molar-refractivity contribution in [3.63, 3.8) is 0 Å². The fraction of sp³-hybridized carbons (Fsp3) is 0.235. The molecule has 2 fully saturated rings. The number of aromatic nitrogens is 8. The van der Waals surface area contributed by atoms with E-state index in [1.54, 1.807) is 12.4 Å². The van der Waals surface area contributed by atoms with Crippen molar-refractivity contribution in [1.29, 1.82) is 0 Å². The van der Waals surface area contributed by atoms with Gasteiger partial charge in [-0.1, -0.05) is 72.8 Å². The number of ether oxygens (including phenoxy) is 1. The Morgan fingerprint density at radius 2 is 1.04 bits per heavy atom. The third kappa shape index (κ3) is 8.15. The van der Waals surface area contributed by atoms with Gasteiger partial charge in [0.1, 0.15) is 5.60 Å². The molecule has 4 aliphatic rings. The summed E-state index contributed by atoms with van der Waals surface area (Å²) in [4.78, 5) is 21.7. The van der Waals surface area contributed by atoms with Gasteiger partial charge < -0.3 is 26.4 Å². The Balaban J connectivity index is 0.000000166. The van der Waals surface area contributed by atoms with Gasteiger partial charge in [0, 0.05) is 40.2 Å².